The second-order valence-electron chi connectivity index (χ2n) is 2.61. The van der Waals surface area contributed by atoms with Crippen molar-refractivity contribution in [3.05, 3.63) is 23.9 Å². The van der Waals surface area contributed by atoms with Crippen LogP contribution in [0.5, 0.6) is 0 Å². The second kappa shape index (κ2) is 2.48. The molecule has 1 aromatic heterocycles. The summed E-state index contributed by atoms with van der Waals surface area (Å²) >= 11 is 0. The molecule has 5 heteroatoms. The van der Waals surface area contributed by atoms with Crippen molar-refractivity contribution in [2.75, 3.05) is 5.73 Å². The van der Waals surface area contributed by atoms with Crippen molar-refractivity contribution in [1.82, 2.24) is 5.16 Å². The average molecular weight is 178 g/mol. The van der Waals surface area contributed by atoms with Crippen LogP contribution in [0, 0.1) is 0 Å². The van der Waals surface area contributed by atoms with Crippen LogP contribution >= 0.6 is 0 Å². The number of benzene rings is 1. The third kappa shape index (κ3) is 1.10. The van der Waals surface area contributed by atoms with Crippen molar-refractivity contribution in [3.63, 3.8) is 0 Å². The van der Waals surface area contributed by atoms with E-state index in [-0.39, 0.29) is 11.3 Å². The maximum absolute atomic E-state index is 10.6. The molecule has 3 N–H and O–H groups in total. The predicted octanol–water partition coefficient (Wildman–Crippen LogP) is 1.11. The molecule has 66 valence electrons. The van der Waals surface area contributed by atoms with Crippen LogP contribution in [0.2, 0.25) is 0 Å². The molecule has 13 heavy (non-hydrogen) atoms. The Morgan fingerprint density at radius 2 is 2.31 bits per heavy atom. The first kappa shape index (κ1) is 7.60. The molecule has 2 rings (SSSR count). The van der Waals surface area contributed by atoms with Gasteiger partial charge in [0.25, 0.3) is 0 Å². The number of aromatic carboxylic acids is 1. The van der Waals surface area contributed by atoms with E-state index in [4.69, 9.17) is 15.4 Å². The van der Waals surface area contributed by atoms with Gasteiger partial charge in [-0.1, -0.05) is 5.16 Å². The standard InChI is InChI=1S/C8H6N2O3/c9-6-1-4-3-10-13-7(4)2-5(6)8(11)12/h1-3H,9H2,(H,11,12). The van der Waals surface area contributed by atoms with Gasteiger partial charge in [0.15, 0.2) is 5.58 Å². The van der Waals surface area contributed by atoms with Gasteiger partial charge in [0.1, 0.15) is 0 Å². The topological polar surface area (TPSA) is 89.4 Å². The first-order valence-corrected chi connectivity index (χ1v) is 3.55. The van der Waals surface area contributed by atoms with Crippen molar-refractivity contribution in [3.8, 4) is 0 Å². The molecular weight excluding hydrogens is 172 g/mol. The van der Waals surface area contributed by atoms with E-state index < -0.39 is 5.97 Å². The summed E-state index contributed by atoms with van der Waals surface area (Å²) in [6.45, 7) is 0. The number of nitrogens with two attached hydrogens (primary N) is 1. The summed E-state index contributed by atoms with van der Waals surface area (Å²) in [5.41, 5.74) is 6.16. The molecule has 2 aromatic rings. The molecule has 0 aliphatic heterocycles. The van der Waals surface area contributed by atoms with Gasteiger partial charge in [0.2, 0.25) is 0 Å². The summed E-state index contributed by atoms with van der Waals surface area (Å²) in [7, 11) is 0. The fourth-order valence-corrected chi connectivity index (χ4v) is 1.12. The number of hydrogen-bond acceptors (Lipinski definition) is 4. The Balaban J connectivity index is 2.76. The Hall–Kier alpha value is -2.04. The van der Waals surface area contributed by atoms with Crippen molar-refractivity contribution in [1.29, 1.82) is 0 Å². The van der Waals surface area contributed by atoms with E-state index in [0.29, 0.717) is 11.0 Å². The summed E-state index contributed by atoms with van der Waals surface area (Å²) in [4.78, 5) is 10.6. The molecule has 0 unspecified atom stereocenters. The zero-order valence-electron chi connectivity index (χ0n) is 6.52. The van der Waals surface area contributed by atoms with Gasteiger partial charge in [-0.05, 0) is 6.07 Å². The number of carbonyl (C=O) groups is 1. The van der Waals surface area contributed by atoms with Crippen molar-refractivity contribution < 1.29 is 14.4 Å². The zero-order chi connectivity index (χ0) is 9.42. The molecule has 0 spiro atoms. The highest BCUT2D eigenvalue weighted by Gasteiger charge is 2.10. The van der Waals surface area contributed by atoms with Crippen molar-refractivity contribution >= 4 is 22.6 Å². The van der Waals surface area contributed by atoms with E-state index in [1.807, 2.05) is 0 Å². The smallest absolute Gasteiger partial charge is 0.337 e. The Bertz CT molecular complexity index is 475. The van der Waals surface area contributed by atoms with E-state index in [9.17, 15) is 4.79 Å². The number of nitrogen functional groups attached to an aromatic ring is 1. The number of fused-ring (bicyclic) bond motifs is 1. The molecular formula is C8H6N2O3. The lowest BCUT2D eigenvalue weighted by Crippen LogP contribution is -2.01. The number of nitrogens with zero attached hydrogens (tertiary/aromatic N) is 1. The molecule has 1 heterocycles. The third-order valence-corrected chi connectivity index (χ3v) is 1.76. The lowest BCUT2D eigenvalue weighted by atomic mass is 10.1. The van der Waals surface area contributed by atoms with Gasteiger partial charge in [-0.3, -0.25) is 0 Å². The van der Waals surface area contributed by atoms with Gasteiger partial charge < -0.3 is 15.4 Å². The third-order valence-electron chi connectivity index (χ3n) is 1.76. The highest BCUT2D eigenvalue weighted by atomic mass is 16.5. The van der Waals surface area contributed by atoms with Crippen LogP contribution in [0.15, 0.2) is 22.9 Å². The molecule has 0 bridgehead atoms. The normalized spacial score (nSPS) is 10.5. The summed E-state index contributed by atoms with van der Waals surface area (Å²) in [5.74, 6) is -1.07. The Morgan fingerprint density at radius 1 is 1.54 bits per heavy atom. The molecule has 1 aromatic carbocycles. The first-order chi connectivity index (χ1) is 6.18. The van der Waals surface area contributed by atoms with Gasteiger partial charge in [0.05, 0.1) is 11.8 Å². The number of aromatic nitrogens is 1. The monoisotopic (exact) mass is 178 g/mol. The second-order valence-corrected chi connectivity index (χ2v) is 2.61. The predicted molar refractivity (Wildman–Crippen MR) is 45.4 cm³/mol. The van der Waals surface area contributed by atoms with Gasteiger partial charge in [-0.15, -0.1) is 0 Å². The molecule has 0 atom stereocenters. The van der Waals surface area contributed by atoms with E-state index in [2.05, 4.69) is 5.16 Å². The summed E-state index contributed by atoms with van der Waals surface area (Å²) < 4.78 is 4.79. The molecule has 0 radical (unpaired) electrons. The van der Waals surface area contributed by atoms with Crippen molar-refractivity contribution in [2.24, 2.45) is 0 Å². The number of carboxylic acid groups (broad SMARTS) is 1. The Kier molecular flexibility index (Phi) is 1.45. The van der Waals surface area contributed by atoms with Gasteiger partial charge in [-0.25, -0.2) is 4.79 Å². The van der Waals surface area contributed by atoms with E-state index in [1.54, 1.807) is 0 Å². The molecule has 0 saturated carbocycles. The van der Waals surface area contributed by atoms with Crippen molar-refractivity contribution in [2.45, 2.75) is 0 Å². The van der Waals surface area contributed by atoms with Crippen LogP contribution in [-0.4, -0.2) is 16.2 Å². The molecule has 0 amide bonds. The largest absolute Gasteiger partial charge is 0.478 e. The lowest BCUT2D eigenvalue weighted by molar-refractivity contribution is 0.0698. The number of rotatable bonds is 1. The van der Waals surface area contributed by atoms with Crippen LogP contribution in [-0.2, 0) is 0 Å². The average Bonchev–Trinajstić information content (AvgIpc) is 2.48. The fourth-order valence-electron chi connectivity index (χ4n) is 1.12. The van der Waals surface area contributed by atoms with E-state index in [0.717, 1.165) is 0 Å². The van der Waals surface area contributed by atoms with E-state index >= 15 is 0 Å². The Morgan fingerprint density at radius 3 is 3.00 bits per heavy atom. The fraction of sp³-hybridized carbons (Fsp3) is 0. The summed E-state index contributed by atoms with van der Waals surface area (Å²) in [6.07, 6.45) is 1.48. The first-order valence-electron chi connectivity index (χ1n) is 3.55. The van der Waals surface area contributed by atoms with Crippen LogP contribution < -0.4 is 5.73 Å². The minimum absolute atomic E-state index is 0.0317. The van der Waals surface area contributed by atoms with E-state index in [1.165, 1.54) is 18.3 Å². The number of hydrogen-bond donors (Lipinski definition) is 2. The van der Waals surface area contributed by atoms with Crippen LogP contribution in [0.4, 0.5) is 5.69 Å². The maximum atomic E-state index is 10.6. The minimum atomic E-state index is -1.07. The Labute approximate surface area is 72.7 Å². The highest BCUT2D eigenvalue weighted by molar-refractivity contribution is 5.98. The van der Waals surface area contributed by atoms with Gasteiger partial charge in [-0.2, -0.15) is 0 Å². The molecule has 0 fully saturated rings. The summed E-state index contributed by atoms with van der Waals surface area (Å²) in [5, 5.41) is 12.9. The highest BCUT2D eigenvalue weighted by Crippen LogP contribution is 2.21. The van der Waals surface area contributed by atoms with Crippen LogP contribution in [0.3, 0.4) is 0 Å². The minimum Gasteiger partial charge on any atom is -0.478 e. The molecule has 0 aliphatic rings. The summed E-state index contributed by atoms with van der Waals surface area (Å²) in [6, 6.07) is 2.88. The molecule has 0 saturated heterocycles. The van der Waals surface area contributed by atoms with Crippen LogP contribution in [0.1, 0.15) is 10.4 Å². The van der Waals surface area contributed by atoms with Crippen LogP contribution in [0.25, 0.3) is 11.0 Å². The quantitative estimate of drug-likeness (QED) is 0.638. The number of anilines is 1. The molecule has 5 nitrogen and oxygen atoms in total. The molecule has 0 aliphatic carbocycles. The van der Waals surface area contributed by atoms with Gasteiger partial charge >= 0.3 is 5.97 Å². The van der Waals surface area contributed by atoms with Gasteiger partial charge in [0, 0.05) is 17.1 Å². The number of carboxylic acids is 1. The zero-order valence-corrected chi connectivity index (χ0v) is 6.52. The SMILES string of the molecule is Nc1cc2cnoc2cc1C(=O)O. The lowest BCUT2D eigenvalue weighted by Gasteiger charge is -1.98. The maximum Gasteiger partial charge on any atom is 0.337 e.